The van der Waals surface area contributed by atoms with Crippen LogP contribution in [-0.4, -0.2) is 46.1 Å². The summed E-state index contributed by atoms with van der Waals surface area (Å²) in [6, 6.07) is 5.67. The molecule has 0 N–H and O–H groups in total. The average Bonchev–Trinajstić information content (AvgIpc) is 3.18. The van der Waals surface area contributed by atoms with Crippen molar-refractivity contribution in [2.45, 2.75) is 242 Å². The molecule has 2 nitrogen and oxygen atoms in total. The molecule has 0 aromatic carbocycles. The molecular formula is C48H80N2. The Morgan fingerprint density at radius 2 is 0.580 bits per heavy atom. The standard InChI is InChI=1S/C48H80N2/c1-3-17-39(18-4-1)49(45-23-11-15-33-13-7-9-21-43(33)45)41-29-35-25-27-37-31-42(32-38-28-26-36(30-41)47(35)48(37)38)50(40-19-5-2-6-20-40)46-24-12-16-34-14-8-10-22-44(34)46/h33-48H,1-32H2. The SMILES string of the molecule is C1CCC(N(C2CC3CCC4CC(N(C5CCCCC5)C5CCCC6CCCCC65)CC5CCC(C2)C3C45)C2CCCC3CCCCC32)CC1. The van der Waals surface area contributed by atoms with Crippen molar-refractivity contribution in [3.8, 4) is 0 Å². The summed E-state index contributed by atoms with van der Waals surface area (Å²) >= 11 is 0. The highest BCUT2D eigenvalue weighted by atomic mass is 15.2. The van der Waals surface area contributed by atoms with Gasteiger partial charge in [-0.15, -0.1) is 0 Å². The van der Waals surface area contributed by atoms with E-state index in [4.69, 9.17) is 0 Å². The maximum atomic E-state index is 3.41. The zero-order valence-corrected chi connectivity index (χ0v) is 32.8. The van der Waals surface area contributed by atoms with Crippen LogP contribution in [0.4, 0.5) is 0 Å². The largest absolute Gasteiger partial charge is 0.294 e. The lowest BCUT2D eigenvalue weighted by Gasteiger charge is -2.63. The molecule has 0 aromatic rings. The molecular weight excluding hydrogens is 605 g/mol. The van der Waals surface area contributed by atoms with E-state index in [1.165, 1.54) is 77.0 Å². The number of fused-ring (bicyclic) bond motifs is 2. The number of hydrogen-bond donors (Lipinski definition) is 0. The Balaban J connectivity index is 0.884. The van der Waals surface area contributed by atoms with E-state index in [9.17, 15) is 0 Å². The summed E-state index contributed by atoms with van der Waals surface area (Å²) in [6.07, 6.45) is 50.0. The predicted molar refractivity (Wildman–Crippen MR) is 209 cm³/mol. The lowest BCUT2D eigenvalue weighted by atomic mass is 9.47. The second kappa shape index (κ2) is 15.2. The van der Waals surface area contributed by atoms with Crippen LogP contribution in [0.25, 0.3) is 0 Å². The fourth-order valence-electron chi connectivity index (χ4n) is 17.8. The molecule has 0 aromatic heterocycles. The Labute approximate surface area is 309 Å². The highest BCUT2D eigenvalue weighted by Crippen LogP contribution is 2.62. The molecule has 0 radical (unpaired) electrons. The Morgan fingerprint density at radius 1 is 0.240 bits per heavy atom. The zero-order valence-electron chi connectivity index (χ0n) is 32.8. The van der Waals surface area contributed by atoms with Gasteiger partial charge in [-0.1, -0.05) is 103 Å². The van der Waals surface area contributed by atoms with Crippen LogP contribution >= 0.6 is 0 Å². The third-order valence-electron chi connectivity index (χ3n) is 19.4. The second-order valence-electron chi connectivity index (χ2n) is 21.5. The van der Waals surface area contributed by atoms with E-state index in [2.05, 4.69) is 9.80 Å². The first-order valence-corrected chi connectivity index (χ1v) is 24.3. The molecule has 10 rings (SSSR count). The normalized spacial score (nSPS) is 48.8. The first kappa shape index (κ1) is 34.4. The van der Waals surface area contributed by atoms with Gasteiger partial charge in [0.05, 0.1) is 0 Å². The summed E-state index contributed by atoms with van der Waals surface area (Å²) in [5.74, 6) is 10.8. The molecule has 10 atom stereocenters. The number of hydrogen-bond acceptors (Lipinski definition) is 2. The minimum absolute atomic E-state index is 0.938. The molecule has 0 amide bonds. The first-order valence-electron chi connectivity index (χ1n) is 24.3. The molecule has 10 fully saturated rings. The highest BCUT2D eigenvalue weighted by Gasteiger charge is 2.57. The fourth-order valence-corrected chi connectivity index (χ4v) is 17.8. The van der Waals surface area contributed by atoms with Gasteiger partial charge in [0, 0.05) is 36.3 Å². The third-order valence-corrected chi connectivity index (χ3v) is 19.4. The first-order chi connectivity index (χ1) is 24.8. The lowest BCUT2D eigenvalue weighted by molar-refractivity contribution is -0.135. The Kier molecular flexibility index (Phi) is 10.5. The zero-order chi connectivity index (χ0) is 33.0. The fraction of sp³-hybridized carbons (Fsp3) is 1.00. The van der Waals surface area contributed by atoms with Crippen LogP contribution in [-0.2, 0) is 0 Å². The van der Waals surface area contributed by atoms with E-state index in [0.717, 1.165) is 95.4 Å². The van der Waals surface area contributed by atoms with Gasteiger partial charge in [-0.2, -0.15) is 0 Å². The van der Waals surface area contributed by atoms with Crippen LogP contribution in [0, 0.1) is 59.2 Å². The second-order valence-corrected chi connectivity index (χ2v) is 21.5. The van der Waals surface area contributed by atoms with E-state index in [1.54, 1.807) is 128 Å². The maximum Gasteiger partial charge on any atom is 0.0132 e. The van der Waals surface area contributed by atoms with E-state index < -0.39 is 0 Å². The van der Waals surface area contributed by atoms with Gasteiger partial charge in [0.25, 0.3) is 0 Å². The third kappa shape index (κ3) is 6.45. The van der Waals surface area contributed by atoms with Crippen LogP contribution in [0.3, 0.4) is 0 Å². The topological polar surface area (TPSA) is 6.48 Å². The van der Waals surface area contributed by atoms with Crippen LogP contribution in [0.1, 0.15) is 205 Å². The van der Waals surface area contributed by atoms with Crippen LogP contribution in [0.2, 0.25) is 0 Å². The van der Waals surface area contributed by atoms with Crippen molar-refractivity contribution in [2.24, 2.45) is 59.2 Å². The van der Waals surface area contributed by atoms with Crippen LogP contribution < -0.4 is 0 Å². The van der Waals surface area contributed by atoms with Gasteiger partial charge >= 0.3 is 0 Å². The molecule has 0 aliphatic heterocycles. The van der Waals surface area contributed by atoms with E-state index >= 15 is 0 Å². The summed E-state index contributed by atoms with van der Waals surface area (Å²) < 4.78 is 0. The van der Waals surface area contributed by atoms with Gasteiger partial charge in [-0.05, 0) is 162 Å². The molecule has 50 heavy (non-hydrogen) atoms. The van der Waals surface area contributed by atoms with Gasteiger partial charge in [0.1, 0.15) is 0 Å². The van der Waals surface area contributed by atoms with Crippen molar-refractivity contribution < 1.29 is 0 Å². The molecule has 10 unspecified atom stereocenters. The molecule has 0 bridgehead atoms. The minimum atomic E-state index is 0.938. The van der Waals surface area contributed by atoms with Crippen molar-refractivity contribution in [2.75, 3.05) is 0 Å². The predicted octanol–water partition coefficient (Wildman–Crippen LogP) is 12.6. The smallest absolute Gasteiger partial charge is 0.0132 e. The number of rotatable bonds is 6. The molecule has 0 saturated heterocycles. The summed E-state index contributed by atoms with van der Waals surface area (Å²) in [4.78, 5) is 6.83. The molecule has 10 aliphatic carbocycles. The Bertz CT molecular complexity index is 987. The molecule has 0 spiro atoms. The Hall–Kier alpha value is -0.0800. The van der Waals surface area contributed by atoms with Crippen molar-refractivity contribution in [1.82, 2.24) is 9.80 Å². The number of nitrogens with zero attached hydrogens (tertiary/aromatic N) is 2. The van der Waals surface area contributed by atoms with E-state index in [1.807, 2.05) is 0 Å². The summed E-state index contributed by atoms with van der Waals surface area (Å²) in [5, 5.41) is 0. The molecule has 10 saturated carbocycles. The van der Waals surface area contributed by atoms with Gasteiger partial charge in [0.15, 0.2) is 0 Å². The monoisotopic (exact) mass is 685 g/mol. The van der Waals surface area contributed by atoms with Crippen molar-refractivity contribution in [3.63, 3.8) is 0 Å². The minimum Gasteiger partial charge on any atom is -0.294 e. The van der Waals surface area contributed by atoms with Gasteiger partial charge in [-0.3, -0.25) is 9.80 Å². The van der Waals surface area contributed by atoms with Gasteiger partial charge in [0.2, 0.25) is 0 Å². The quantitative estimate of drug-likeness (QED) is 0.275. The molecule has 282 valence electrons. The summed E-state index contributed by atoms with van der Waals surface area (Å²) in [5.41, 5.74) is 0. The average molecular weight is 685 g/mol. The highest BCUT2D eigenvalue weighted by molar-refractivity contribution is 5.08. The molecule has 2 heteroatoms. The van der Waals surface area contributed by atoms with Crippen LogP contribution in [0.15, 0.2) is 0 Å². The maximum absolute atomic E-state index is 3.41. The van der Waals surface area contributed by atoms with E-state index in [0.29, 0.717) is 0 Å². The Morgan fingerprint density at radius 3 is 0.980 bits per heavy atom. The van der Waals surface area contributed by atoms with Crippen LogP contribution in [0.5, 0.6) is 0 Å². The van der Waals surface area contributed by atoms with Crippen molar-refractivity contribution in [1.29, 1.82) is 0 Å². The summed E-state index contributed by atoms with van der Waals surface area (Å²) in [6.45, 7) is 0. The van der Waals surface area contributed by atoms with E-state index in [-0.39, 0.29) is 0 Å². The molecule has 10 aliphatic rings. The lowest BCUT2D eigenvalue weighted by Crippen LogP contribution is -2.62. The molecule has 0 heterocycles. The van der Waals surface area contributed by atoms with Crippen molar-refractivity contribution >= 4 is 0 Å². The van der Waals surface area contributed by atoms with Gasteiger partial charge in [-0.25, -0.2) is 0 Å². The van der Waals surface area contributed by atoms with Crippen molar-refractivity contribution in [3.05, 3.63) is 0 Å². The summed E-state index contributed by atoms with van der Waals surface area (Å²) in [7, 11) is 0. The van der Waals surface area contributed by atoms with Gasteiger partial charge < -0.3 is 0 Å².